The third-order valence-corrected chi connectivity index (χ3v) is 3.42. The molecule has 2 aromatic rings. The zero-order chi connectivity index (χ0) is 12.3. The highest BCUT2D eigenvalue weighted by Gasteiger charge is 2.02. The monoisotopic (exact) mass is 399 g/mol. The summed E-state index contributed by atoms with van der Waals surface area (Å²) in [6.07, 6.45) is 0. The van der Waals surface area contributed by atoms with E-state index in [0.717, 1.165) is 13.8 Å². The van der Waals surface area contributed by atoms with Crippen LogP contribution in [0.15, 0.2) is 46.9 Å². The Hall–Kier alpha value is -1.06. The molecule has 2 nitrogen and oxygen atoms in total. The molecule has 0 bridgehead atoms. The van der Waals surface area contributed by atoms with Crippen molar-refractivity contribution in [1.29, 1.82) is 5.26 Å². The molecule has 0 aliphatic carbocycles. The van der Waals surface area contributed by atoms with Crippen molar-refractivity contribution in [3.05, 3.63) is 56.1 Å². The zero-order valence-corrected chi connectivity index (χ0v) is 12.4. The number of nitrogens with zero attached hydrogens (tertiary/aromatic N) is 1. The van der Waals surface area contributed by atoms with Gasteiger partial charge in [0.15, 0.2) is 0 Å². The van der Waals surface area contributed by atoms with Gasteiger partial charge in [0, 0.05) is 8.04 Å². The number of nitriles is 1. The maximum atomic E-state index is 8.81. The maximum absolute atomic E-state index is 8.81. The van der Waals surface area contributed by atoms with Gasteiger partial charge in [-0.25, -0.2) is 0 Å². The lowest BCUT2D eigenvalue weighted by atomic mass is 10.2. The van der Waals surface area contributed by atoms with E-state index in [1.165, 1.54) is 0 Å². The summed E-state index contributed by atoms with van der Waals surface area (Å²) < 4.78 is 7.55. The van der Waals surface area contributed by atoms with Crippen LogP contribution in [0.25, 0.3) is 0 Å². The minimum atomic E-state index is 0.597. The van der Waals surface area contributed by atoms with Gasteiger partial charge in [-0.15, -0.1) is 0 Å². The lowest BCUT2D eigenvalue weighted by Crippen LogP contribution is -1.86. The first-order chi connectivity index (χ1) is 8.19. The minimum absolute atomic E-state index is 0.597. The number of halogens is 2. The molecule has 0 fully saturated rings. The second-order valence-corrected chi connectivity index (χ2v) is 5.41. The van der Waals surface area contributed by atoms with Crippen LogP contribution in [0.2, 0.25) is 0 Å². The van der Waals surface area contributed by atoms with Gasteiger partial charge in [0.25, 0.3) is 0 Å². The number of hydrogen-bond donors (Lipinski definition) is 0. The molecule has 0 heterocycles. The first kappa shape index (κ1) is 12.4. The van der Waals surface area contributed by atoms with Crippen LogP contribution in [0.1, 0.15) is 5.56 Å². The molecular formula is C13H7BrINO. The van der Waals surface area contributed by atoms with Crippen molar-refractivity contribution in [1.82, 2.24) is 0 Å². The summed E-state index contributed by atoms with van der Waals surface area (Å²) in [5.41, 5.74) is 0.597. The molecule has 0 radical (unpaired) electrons. The van der Waals surface area contributed by atoms with E-state index >= 15 is 0 Å². The van der Waals surface area contributed by atoms with Gasteiger partial charge in [-0.2, -0.15) is 5.26 Å². The van der Waals surface area contributed by atoms with Crippen molar-refractivity contribution < 1.29 is 4.74 Å². The quantitative estimate of drug-likeness (QED) is 0.684. The number of benzene rings is 2. The van der Waals surface area contributed by atoms with E-state index in [1.807, 2.05) is 24.3 Å². The Morgan fingerprint density at radius 2 is 1.88 bits per heavy atom. The van der Waals surface area contributed by atoms with Crippen LogP contribution in [0.3, 0.4) is 0 Å². The zero-order valence-electron chi connectivity index (χ0n) is 8.65. The van der Waals surface area contributed by atoms with Crippen LogP contribution in [0.5, 0.6) is 11.5 Å². The highest BCUT2D eigenvalue weighted by molar-refractivity contribution is 14.1. The molecule has 0 aromatic heterocycles. The average Bonchev–Trinajstić information content (AvgIpc) is 2.29. The lowest BCUT2D eigenvalue weighted by molar-refractivity contribution is 0.482. The Morgan fingerprint density at radius 1 is 1.12 bits per heavy atom. The second-order valence-electron chi connectivity index (χ2n) is 3.31. The van der Waals surface area contributed by atoms with E-state index in [1.54, 1.807) is 18.2 Å². The molecule has 0 amide bonds. The van der Waals surface area contributed by atoms with Crippen LogP contribution in [0, 0.1) is 14.9 Å². The van der Waals surface area contributed by atoms with Crippen LogP contribution < -0.4 is 4.74 Å². The fourth-order valence-electron chi connectivity index (χ4n) is 1.32. The van der Waals surface area contributed by atoms with Gasteiger partial charge < -0.3 is 4.74 Å². The number of hydrogen-bond acceptors (Lipinski definition) is 2. The summed E-state index contributed by atoms with van der Waals surface area (Å²) in [4.78, 5) is 0. The largest absolute Gasteiger partial charge is 0.457 e. The fraction of sp³-hybridized carbons (Fsp3) is 0. The molecule has 2 aromatic carbocycles. The van der Waals surface area contributed by atoms with Crippen molar-refractivity contribution in [2.24, 2.45) is 0 Å². The lowest BCUT2D eigenvalue weighted by Gasteiger charge is -2.06. The van der Waals surface area contributed by atoms with Crippen molar-refractivity contribution >= 4 is 38.5 Å². The molecule has 0 N–H and O–H groups in total. The first-order valence-corrected chi connectivity index (χ1v) is 6.69. The van der Waals surface area contributed by atoms with Gasteiger partial charge in [0.05, 0.1) is 5.56 Å². The van der Waals surface area contributed by atoms with Crippen molar-refractivity contribution in [3.8, 4) is 17.6 Å². The summed E-state index contributed by atoms with van der Waals surface area (Å²) in [6, 6.07) is 15.2. The predicted octanol–water partition coefficient (Wildman–Crippen LogP) is 4.72. The molecule has 84 valence electrons. The SMILES string of the molecule is N#Cc1ccc(Oc2cccc(I)c2)cc1Br. The highest BCUT2D eigenvalue weighted by Crippen LogP contribution is 2.27. The third kappa shape index (κ3) is 3.20. The van der Waals surface area contributed by atoms with Crippen molar-refractivity contribution in [3.63, 3.8) is 0 Å². The number of ether oxygens (including phenoxy) is 1. The van der Waals surface area contributed by atoms with E-state index in [9.17, 15) is 0 Å². The minimum Gasteiger partial charge on any atom is -0.457 e. The third-order valence-electron chi connectivity index (χ3n) is 2.09. The molecule has 0 saturated heterocycles. The smallest absolute Gasteiger partial charge is 0.128 e. The molecule has 0 unspecified atom stereocenters. The normalized spacial score (nSPS) is 9.71. The van der Waals surface area contributed by atoms with Gasteiger partial charge in [-0.05, 0) is 74.9 Å². The van der Waals surface area contributed by atoms with E-state index in [2.05, 4.69) is 44.6 Å². The maximum Gasteiger partial charge on any atom is 0.128 e. The molecule has 0 aliphatic rings. The van der Waals surface area contributed by atoms with E-state index in [0.29, 0.717) is 11.3 Å². The molecule has 0 atom stereocenters. The Kier molecular flexibility index (Phi) is 4.02. The summed E-state index contributed by atoms with van der Waals surface area (Å²) in [7, 11) is 0. The topological polar surface area (TPSA) is 33.0 Å². The second kappa shape index (κ2) is 5.52. The van der Waals surface area contributed by atoms with Crippen LogP contribution >= 0.6 is 38.5 Å². The summed E-state index contributed by atoms with van der Waals surface area (Å²) in [5.74, 6) is 1.49. The van der Waals surface area contributed by atoms with E-state index in [-0.39, 0.29) is 0 Å². The highest BCUT2D eigenvalue weighted by atomic mass is 127. The Morgan fingerprint density at radius 3 is 2.53 bits per heavy atom. The van der Waals surface area contributed by atoms with E-state index < -0.39 is 0 Å². The standard InChI is InChI=1S/C13H7BrINO/c14-13-7-12(5-4-9(13)8-16)17-11-3-1-2-10(15)6-11/h1-7H. The predicted molar refractivity (Wildman–Crippen MR) is 78.1 cm³/mol. The molecule has 2 rings (SSSR count). The van der Waals surface area contributed by atoms with E-state index in [4.69, 9.17) is 10.00 Å². The van der Waals surface area contributed by atoms with Crippen LogP contribution in [-0.4, -0.2) is 0 Å². The summed E-state index contributed by atoms with van der Waals surface area (Å²) in [5, 5.41) is 8.81. The molecular weight excluding hydrogens is 393 g/mol. The van der Waals surface area contributed by atoms with Crippen LogP contribution in [-0.2, 0) is 0 Å². The van der Waals surface area contributed by atoms with Crippen molar-refractivity contribution in [2.75, 3.05) is 0 Å². The van der Waals surface area contributed by atoms with Crippen molar-refractivity contribution in [2.45, 2.75) is 0 Å². The average molecular weight is 400 g/mol. The summed E-state index contributed by atoms with van der Waals surface area (Å²) in [6.45, 7) is 0. The Balaban J connectivity index is 2.25. The Labute approximate surface area is 121 Å². The van der Waals surface area contributed by atoms with Gasteiger partial charge in [-0.1, -0.05) is 6.07 Å². The number of rotatable bonds is 2. The van der Waals surface area contributed by atoms with Gasteiger partial charge in [0.1, 0.15) is 17.6 Å². The first-order valence-electron chi connectivity index (χ1n) is 4.82. The molecule has 17 heavy (non-hydrogen) atoms. The Bertz CT molecular complexity index is 592. The molecule has 0 aliphatic heterocycles. The van der Waals surface area contributed by atoms with Gasteiger partial charge in [-0.3, -0.25) is 0 Å². The van der Waals surface area contributed by atoms with Crippen LogP contribution in [0.4, 0.5) is 0 Å². The molecule has 4 heteroatoms. The fourth-order valence-corrected chi connectivity index (χ4v) is 2.28. The molecule has 0 spiro atoms. The molecule has 0 saturated carbocycles. The van der Waals surface area contributed by atoms with Gasteiger partial charge >= 0.3 is 0 Å². The summed E-state index contributed by atoms with van der Waals surface area (Å²) >= 11 is 5.56. The van der Waals surface area contributed by atoms with Gasteiger partial charge in [0.2, 0.25) is 0 Å².